The summed E-state index contributed by atoms with van der Waals surface area (Å²) in [5, 5.41) is 4.98. The third kappa shape index (κ3) is 2.82. The van der Waals surface area contributed by atoms with Crippen LogP contribution in [0.5, 0.6) is 0 Å². The summed E-state index contributed by atoms with van der Waals surface area (Å²) in [6, 6.07) is 17.9. The average molecular weight is 278 g/mol. The molecule has 0 spiro atoms. The van der Waals surface area contributed by atoms with Gasteiger partial charge in [-0.1, -0.05) is 49.4 Å². The second-order valence-electron chi connectivity index (χ2n) is 5.08. The van der Waals surface area contributed by atoms with Crippen molar-refractivity contribution in [3.8, 4) is 0 Å². The van der Waals surface area contributed by atoms with Gasteiger partial charge in [-0.15, -0.1) is 0 Å². The first-order valence-corrected chi connectivity index (χ1v) is 7.20. The number of rotatable bonds is 4. The van der Waals surface area contributed by atoms with Gasteiger partial charge in [0.05, 0.1) is 0 Å². The molecule has 3 aromatic rings. The molecular formula is C18H18N2O. The maximum absolute atomic E-state index is 12.0. The van der Waals surface area contributed by atoms with Crippen LogP contribution in [0, 0.1) is 0 Å². The summed E-state index contributed by atoms with van der Waals surface area (Å²) in [7, 11) is 0. The number of aryl methyl sites for hydroxylation is 1. The van der Waals surface area contributed by atoms with Crippen LogP contribution in [0.3, 0.4) is 0 Å². The van der Waals surface area contributed by atoms with E-state index < -0.39 is 0 Å². The van der Waals surface area contributed by atoms with Crippen molar-refractivity contribution < 1.29 is 0 Å². The minimum atomic E-state index is -0.0561. The number of hydrogen-bond donors (Lipinski definition) is 2. The standard InChI is InChI=1S/C18H18N2O/c1-2-13-7-3-4-9-15(13)12-19-17-11-14-8-5-6-10-16(14)18(21)20-17/h3-11H,2,12H2,1H3,(H2,19,20,21). The summed E-state index contributed by atoms with van der Waals surface area (Å²) >= 11 is 0. The summed E-state index contributed by atoms with van der Waals surface area (Å²) in [6.45, 7) is 2.86. The van der Waals surface area contributed by atoms with Crippen molar-refractivity contribution in [2.75, 3.05) is 5.32 Å². The Bertz CT molecular complexity index is 821. The predicted octanol–water partition coefficient (Wildman–Crippen LogP) is 3.70. The summed E-state index contributed by atoms with van der Waals surface area (Å²) in [6.07, 6.45) is 1.01. The van der Waals surface area contributed by atoms with E-state index >= 15 is 0 Å². The molecule has 0 aliphatic carbocycles. The van der Waals surface area contributed by atoms with Gasteiger partial charge in [-0.3, -0.25) is 4.79 Å². The highest BCUT2D eigenvalue weighted by molar-refractivity contribution is 5.83. The minimum Gasteiger partial charge on any atom is -0.367 e. The highest BCUT2D eigenvalue weighted by atomic mass is 16.1. The molecule has 3 rings (SSSR count). The lowest BCUT2D eigenvalue weighted by atomic mass is 10.1. The van der Waals surface area contributed by atoms with Crippen LogP contribution in [-0.4, -0.2) is 4.98 Å². The molecular weight excluding hydrogens is 260 g/mol. The second-order valence-corrected chi connectivity index (χ2v) is 5.08. The summed E-state index contributed by atoms with van der Waals surface area (Å²) in [5.41, 5.74) is 2.53. The SMILES string of the molecule is CCc1ccccc1CNc1cc2ccccc2c(=O)[nH]1. The summed E-state index contributed by atoms with van der Waals surface area (Å²) in [5.74, 6) is 0.754. The van der Waals surface area contributed by atoms with Gasteiger partial charge in [0, 0.05) is 11.9 Å². The van der Waals surface area contributed by atoms with E-state index in [0.717, 1.165) is 23.0 Å². The Kier molecular flexibility index (Phi) is 3.73. The fourth-order valence-electron chi connectivity index (χ4n) is 2.57. The topological polar surface area (TPSA) is 44.9 Å². The lowest BCUT2D eigenvalue weighted by Gasteiger charge is -2.10. The van der Waals surface area contributed by atoms with Crippen molar-refractivity contribution in [2.24, 2.45) is 0 Å². The number of benzene rings is 2. The van der Waals surface area contributed by atoms with E-state index in [1.165, 1.54) is 11.1 Å². The largest absolute Gasteiger partial charge is 0.367 e. The molecule has 0 atom stereocenters. The van der Waals surface area contributed by atoms with E-state index in [-0.39, 0.29) is 5.56 Å². The number of aromatic amines is 1. The van der Waals surface area contributed by atoms with Gasteiger partial charge in [-0.2, -0.15) is 0 Å². The molecule has 2 aromatic carbocycles. The van der Waals surface area contributed by atoms with Crippen LogP contribution in [0.4, 0.5) is 5.82 Å². The number of anilines is 1. The van der Waals surface area contributed by atoms with E-state index in [2.05, 4.69) is 35.4 Å². The molecule has 0 saturated carbocycles. The van der Waals surface area contributed by atoms with E-state index in [9.17, 15) is 4.79 Å². The predicted molar refractivity (Wildman–Crippen MR) is 87.7 cm³/mol. The monoisotopic (exact) mass is 278 g/mol. The zero-order valence-electron chi connectivity index (χ0n) is 12.0. The Morgan fingerprint density at radius 3 is 2.52 bits per heavy atom. The highest BCUT2D eigenvalue weighted by Gasteiger charge is 2.03. The number of pyridine rings is 1. The van der Waals surface area contributed by atoms with Crippen LogP contribution >= 0.6 is 0 Å². The van der Waals surface area contributed by atoms with Crippen molar-refractivity contribution in [2.45, 2.75) is 19.9 Å². The fourth-order valence-corrected chi connectivity index (χ4v) is 2.57. The van der Waals surface area contributed by atoms with E-state index in [1.54, 1.807) is 0 Å². The first kappa shape index (κ1) is 13.4. The minimum absolute atomic E-state index is 0.0561. The quantitative estimate of drug-likeness (QED) is 0.764. The molecule has 1 heterocycles. The van der Waals surface area contributed by atoms with Gasteiger partial charge in [0.1, 0.15) is 5.82 Å². The molecule has 0 unspecified atom stereocenters. The number of fused-ring (bicyclic) bond motifs is 1. The van der Waals surface area contributed by atoms with Gasteiger partial charge in [-0.05, 0) is 35.1 Å². The number of H-pyrrole nitrogens is 1. The molecule has 0 bridgehead atoms. The van der Waals surface area contributed by atoms with Gasteiger partial charge in [0.2, 0.25) is 0 Å². The summed E-state index contributed by atoms with van der Waals surface area (Å²) < 4.78 is 0. The van der Waals surface area contributed by atoms with Crippen LogP contribution in [0.15, 0.2) is 59.4 Å². The zero-order chi connectivity index (χ0) is 14.7. The zero-order valence-corrected chi connectivity index (χ0v) is 12.0. The average Bonchev–Trinajstić information content (AvgIpc) is 2.53. The van der Waals surface area contributed by atoms with Crippen molar-refractivity contribution in [1.29, 1.82) is 0 Å². The lowest BCUT2D eigenvalue weighted by Crippen LogP contribution is -2.11. The molecule has 3 heteroatoms. The van der Waals surface area contributed by atoms with Crippen LogP contribution in [0.1, 0.15) is 18.1 Å². The molecule has 0 aliphatic rings. The molecule has 0 aliphatic heterocycles. The van der Waals surface area contributed by atoms with Crippen LogP contribution < -0.4 is 10.9 Å². The van der Waals surface area contributed by atoms with Crippen LogP contribution in [0.25, 0.3) is 10.8 Å². The Hall–Kier alpha value is -2.55. The first-order valence-electron chi connectivity index (χ1n) is 7.20. The lowest BCUT2D eigenvalue weighted by molar-refractivity contribution is 1.03. The third-order valence-electron chi connectivity index (χ3n) is 3.72. The molecule has 0 radical (unpaired) electrons. The second kappa shape index (κ2) is 5.83. The van der Waals surface area contributed by atoms with Crippen molar-refractivity contribution in [3.05, 3.63) is 76.1 Å². The Morgan fingerprint density at radius 2 is 1.71 bits per heavy atom. The molecule has 106 valence electrons. The highest BCUT2D eigenvalue weighted by Crippen LogP contribution is 2.15. The Morgan fingerprint density at radius 1 is 1.00 bits per heavy atom. The number of aromatic nitrogens is 1. The third-order valence-corrected chi connectivity index (χ3v) is 3.72. The van der Waals surface area contributed by atoms with Gasteiger partial charge in [-0.25, -0.2) is 0 Å². The van der Waals surface area contributed by atoms with Gasteiger partial charge in [0.15, 0.2) is 0 Å². The molecule has 21 heavy (non-hydrogen) atoms. The molecule has 1 aromatic heterocycles. The fraction of sp³-hybridized carbons (Fsp3) is 0.167. The normalized spacial score (nSPS) is 10.7. The Balaban J connectivity index is 1.87. The first-order chi connectivity index (χ1) is 10.3. The van der Waals surface area contributed by atoms with Crippen molar-refractivity contribution in [3.63, 3.8) is 0 Å². The number of nitrogens with one attached hydrogen (secondary N) is 2. The maximum atomic E-state index is 12.0. The Labute approximate surface area is 123 Å². The van der Waals surface area contributed by atoms with Gasteiger partial charge < -0.3 is 10.3 Å². The summed E-state index contributed by atoms with van der Waals surface area (Å²) in [4.78, 5) is 14.9. The number of hydrogen-bond acceptors (Lipinski definition) is 2. The van der Waals surface area contributed by atoms with E-state index in [4.69, 9.17) is 0 Å². The molecule has 3 nitrogen and oxygen atoms in total. The van der Waals surface area contributed by atoms with Gasteiger partial charge >= 0.3 is 0 Å². The van der Waals surface area contributed by atoms with E-state index in [0.29, 0.717) is 6.54 Å². The maximum Gasteiger partial charge on any atom is 0.257 e. The molecule has 0 fully saturated rings. The van der Waals surface area contributed by atoms with Gasteiger partial charge in [0.25, 0.3) is 5.56 Å². The van der Waals surface area contributed by atoms with Crippen molar-refractivity contribution in [1.82, 2.24) is 4.98 Å². The molecule has 2 N–H and O–H groups in total. The van der Waals surface area contributed by atoms with Crippen molar-refractivity contribution >= 4 is 16.6 Å². The molecule has 0 saturated heterocycles. The smallest absolute Gasteiger partial charge is 0.257 e. The molecule has 0 amide bonds. The van der Waals surface area contributed by atoms with Crippen LogP contribution in [-0.2, 0) is 13.0 Å². The van der Waals surface area contributed by atoms with E-state index in [1.807, 2.05) is 36.4 Å². The van der Waals surface area contributed by atoms with Crippen LogP contribution in [0.2, 0.25) is 0 Å².